The minimum absolute atomic E-state index is 0.0130. The van der Waals surface area contributed by atoms with Gasteiger partial charge in [-0.1, -0.05) is 19.1 Å². The first kappa shape index (κ1) is 23.5. The third kappa shape index (κ3) is 3.94. The Morgan fingerprint density at radius 3 is 2.47 bits per heavy atom. The Bertz CT molecular complexity index is 1030. The number of amides is 1. The van der Waals surface area contributed by atoms with Crippen LogP contribution in [0.1, 0.15) is 52.0 Å². The quantitative estimate of drug-likeness (QED) is 0.611. The number of hydrogen-bond donors (Lipinski definition) is 3. The third-order valence-corrected chi connectivity index (χ3v) is 9.41. The van der Waals surface area contributed by atoms with E-state index in [1.54, 1.807) is 0 Å². The predicted octanol–water partition coefficient (Wildman–Crippen LogP) is 3.06. The molecule has 178 valence electrons. The second-order valence-electron chi connectivity index (χ2n) is 10.3. The highest BCUT2D eigenvalue weighted by molar-refractivity contribution is 7.89. The zero-order valence-corrected chi connectivity index (χ0v) is 19.1. The summed E-state index contributed by atoms with van der Waals surface area (Å²) in [5.74, 6) is 0.0457. The van der Waals surface area contributed by atoms with Crippen molar-refractivity contribution in [2.75, 3.05) is 0 Å². The van der Waals surface area contributed by atoms with Crippen LogP contribution in [0.5, 0.6) is 0 Å². The van der Waals surface area contributed by atoms with Crippen LogP contribution in [0.2, 0.25) is 0 Å². The molecule has 1 aromatic rings. The largest absolute Gasteiger partial charge is 0.417 e. The predicted molar refractivity (Wildman–Crippen MR) is 111 cm³/mol. The normalized spacial score (nSPS) is 34.5. The smallest absolute Gasteiger partial charge is 0.390 e. The maximum absolute atomic E-state index is 13.3. The highest BCUT2D eigenvalue weighted by Gasteiger charge is 2.59. The zero-order chi connectivity index (χ0) is 23.7. The number of carbonyl (C=O) groups excluding carboxylic acids is 1. The second-order valence-corrected chi connectivity index (χ2v) is 11.9. The van der Waals surface area contributed by atoms with E-state index >= 15 is 0 Å². The Kier molecular flexibility index (Phi) is 5.46. The molecule has 0 aromatic heterocycles. The van der Waals surface area contributed by atoms with E-state index in [-0.39, 0.29) is 23.8 Å². The van der Waals surface area contributed by atoms with E-state index in [9.17, 15) is 31.5 Å². The minimum atomic E-state index is -4.85. The maximum atomic E-state index is 13.3. The van der Waals surface area contributed by atoms with Gasteiger partial charge in [0.05, 0.1) is 16.1 Å². The summed E-state index contributed by atoms with van der Waals surface area (Å²) in [5.41, 5.74) is -3.67. The van der Waals surface area contributed by atoms with Crippen LogP contribution < -0.4 is 10.0 Å². The highest BCUT2D eigenvalue weighted by Crippen LogP contribution is 2.58. The van der Waals surface area contributed by atoms with Crippen molar-refractivity contribution in [3.63, 3.8) is 0 Å². The van der Waals surface area contributed by atoms with Crippen molar-refractivity contribution in [1.29, 1.82) is 0 Å². The molecule has 5 rings (SSSR count). The molecule has 4 aliphatic carbocycles. The average molecular weight is 475 g/mol. The van der Waals surface area contributed by atoms with Gasteiger partial charge in [-0.25, -0.2) is 8.42 Å². The van der Waals surface area contributed by atoms with E-state index in [4.69, 9.17) is 0 Å². The van der Waals surface area contributed by atoms with Gasteiger partial charge >= 0.3 is 6.18 Å². The van der Waals surface area contributed by atoms with Crippen molar-refractivity contribution < 1.29 is 31.5 Å². The first-order chi connectivity index (χ1) is 14.6. The Hall–Kier alpha value is -1.65. The second kappa shape index (κ2) is 7.43. The van der Waals surface area contributed by atoms with Crippen molar-refractivity contribution in [3.05, 3.63) is 29.8 Å². The van der Waals surface area contributed by atoms with Gasteiger partial charge in [-0.3, -0.25) is 4.79 Å². The van der Waals surface area contributed by atoms with E-state index in [0.717, 1.165) is 31.4 Å². The van der Waals surface area contributed by atoms with Gasteiger partial charge in [-0.05, 0) is 75.3 Å². The van der Waals surface area contributed by atoms with Gasteiger partial charge in [-0.2, -0.15) is 17.9 Å². The molecule has 4 fully saturated rings. The standard InChI is InChI=1S/C22H29F3N2O4S/c1-12-15-9-13-8-14(11-21(12,29)10-13)18(15)26-19(28)20(2,3)27-32(30,31)17-7-5-4-6-16(17)22(23,24)25/h4-7,12-15,18,27,29H,8-11H2,1-3H3,(H,26,28)/t12-,13?,14?,15?,18?,21?/m1/s1. The summed E-state index contributed by atoms with van der Waals surface area (Å²) in [6.07, 6.45) is -1.67. The summed E-state index contributed by atoms with van der Waals surface area (Å²) >= 11 is 0. The first-order valence-electron chi connectivity index (χ1n) is 10.9. The lowest BCUT2D eigenvalue weighted by Crippen LogP contribution is -2.67. The molecule has 3 N–H and O–H groups in total. The van der Waals surface area contributed by atoms with Gasteiger partial charge in [0.25, 0.3) is 0 Å². The monoisotopic (exact) mass is 474 g/mol. The number of hydrogen-bond acceptors (Lipinski definition) is 4. The molecular formula is C22H29F3N2O4S. The third-order valence-electron chi connectivity index (χ3n) is 7.70. The molecule has 6 nitrogen and oxygen atoms in total. The van der Waals surface area contributed by atoms with Crippen LogP contribution in [-0.4, -0.2) is 36.6 Å². The molecule has 0 heterocycles. The van der Waals surface area contributed by atoms with E-state index in [1.807, 2.05) is 6.92 Å². The molecule has 4 bridgehead atoms. The van der Waals surface area contributed by atoms with Crippen molar-refractivity contribution in [2.45, 2.75) is 74.7 Å². The van der Waals surface area contributed by atoms with E-state index in [0.29, 0.717) is 18.4 Å². The molecule has 4 aliphatic rings. The van der Waals surface area contributed by atoms with Gasteiger partial charge in [-0.15, -0.1) is 0 Å². The summed E-state index contributed by atoms with van der Waals surface area (Å²) < 4.78 is 67.8. The van der Waals surface area contributed by atoms with Crippen LogP contribution >= 0.6 is 0 Å². The van der Waals surface area contributed by atoms with Crippen molar-refractivity contribution in [1.82, 2.24) is 10.0 Å². The van der Waals surface area contributed by atoms with Gasteiger partial charge in [0.15, 0.2) is 0 Å². The van der Waals surface area contributed by atoms with Crippen LogP contribution in [0.3, 0.4) is 0 Å². The summed E-state index contributed by atoms with van der Waals surface area (Å²) in [6.45, 7) is 4.66. The lowest BCUT2D eigenvalue weighted by molar-refractivity contribution is -0.180. The number of alkyl halides is 3. The minimum Gasteiger partial charge on any atom is -0.390 e. The summed E-state index contributed by atoms with van der Waals surface area (Å²) in [5, 5.41) is 13.9. The molecular weight excluding hydrogens is 445 g/mol. The summed E-state index contributed by atoms with van der Waals surface area (Å²) in [7, 11) is -4.63. The lowest BCUT2D eigenvalue weighted by Gasteiger charge is -2.61. The summed E-state index contributed by atoms with van der Waals surface area (Å²) in [4.78, 5) is 12.2. The van der Waals surface area contributed by atoms with Crippen LogP contribution in [0.25, 0.3) is 0 Å². The molecule has 5 unspecified atom stereocenters. The fraction of sp³-hybridized carbons (Fsp3) is 0.682. The molecule has 1 aromatic carbocycles. The zero-order valence-electron chi connectivity index (χ0n) is 18.2. The molecule has 0 saturated heterocycles. The number of halogens is 3. The topological polar surface area (TPSA) is 95.5 Å². The Morgan fingerprint density at radius 1 is 1.16 bits per heavy atom. The fourth-order valence-corrected chi connectivity index (χ4v) is 7.79. The number of nitrogens with one attached hydrogen (secondary N) is 2. The lowest BCUT2D eigenvalue weighted by atomic mass is 9.48. The van der Waals surface area contributed by atoms with Gasteiger partial charge in [0.1, 0.15) is 5.54 Å². The Morgan fingerprint density at radius 2 is 1.81 bits per heavy atom. The molecule has 6 atom stereocenters. The molecule has 10 heteroatoms. The number of rotatable bonds is 5. The van der Waals surface area contributed by atoms with Gasteiger partial charge in [0, 0.05) is 6.04 Å². The molecule has 0 spiro atoms. The highest BCUT2D eigenvalue weighted by atomic mass is 32.2. The van der Waals surface area contributed by atoms with Crippen LogP contribution in [0, 0.1) is 23.7 Å². The van der Waals surface area contributed by atoms with E-state index < -0.39 is 43.7 Å². The average Bonchev–Trinajstić information content (AvgIpc) is 2.66. The fourth-order valence-electron chi connectivity index (χ4n) is 6.18. The molecule has 1 amide bonds. The number of aliphatic hydroxyl groups is 1. The van der Waals surface area contributed by atoms with Crippen LogP contribution in [0.15, 0.2) is 29.2 Å². The number of carbonyl (C=O) groups is 1. The van der Waals surface area contributed by atoms with Crippen molar-refractivity contribution >= 4 is 15.9 Å². The number of sulfonamides is 1. The molecule has 0 radical (unpaired) electrons. The first-order valence-corrected chi connectivity index (χ1v) is 12.4. The molecule has 0 aliphatic heterocycles. The molecule has 4 saturated carbocycles. The van der Waals surface area contributed by atoms with Crippen LogP contribution in [0.4, 0.5) is 13.2 Å². The van der Waals surface area contributed by atoms with Crippen molar-refractivity contribution in [3.8, 4) is 0 Å². The maximum Gasteiger partial charge on any atom is 0.417 e. The van der Waals surface area contributed by atoms with Crippen LogP contribution in [-0.2, 0) is 21.0 Å². The van der Waals surface area contributed by atoms with Gasteiger partial charge in [0.2, 0.25) is 15.9 Å². The summed E-state index contributed by atoms with van der Waals surface area (Å²) in [6, 6.07) is 3.70. The van der Waals surface area contributed by atoms with Gasteiger partial charge < -0.3 is 10.4 Å². The van der Waals surface area contributed by atoms with E-state index in [1.165, 1.54) is 19.9 Å². The Balaban J connectivity index is 1.53. The SMILES string of the molecule is C[C@@H]1C2CC3CC(CC1(O)C3)C2NC(=O)C(C)(C)NS(=O)(=O)c1ccccc1C(F)(F)F. The van der Waals surface area contributed by atoms with Crippen molar-refractivity contribution in [2.24, 2.45) is 23.7 Å². The van der Waals surface area contributed by atoms with E-state index in [2.05, 4.69) is 10.0 Å². The number of benzene rings is 1. The Labute approximate surface area is 186 Å². The molecule has 32 heavy (non-hydrogen) atoms.